The van der Waals surface area contributed by atoms with Gasteiger partial charge in [0.05, 0.1) is 10.6 Å². The van der Waals surface area contributed by atoms with Crippen molar-refractivity contribution in [1.29, 1.82) is 0 Å². The Balaban J connectivity index is 2.01. The zero-order valence-corrected chi connectivity index (χ0v) is 12.4. The zero-order valence-electron chi connectivity index (χ0n) is 11.7. The average molecular weight is 311 g/mol. The molecule has 2 aromatic rings. The number of ether oxygens (including phenoxy) is 1. The summed E-state index contributed by atoms with van der Waals surface area (Å²) in [4.78, 5) is 15.2. The number of hydrogen-bond donors (Lipinski definition) is 1. The first kappa shape index (κ1) is 15.3. The second-order valence-corrected chi connectivity index (χ2v) is 5.34. The molecule has 1 aromatic heterocycles. The third kappa shape index (κ3) is 4.19. The molecule has 0 spiro atoms. The Bertz CT molecular complexity index is 640. The van der Waals surface area contributed by atoms with E-state index in [1.165, 1.54) is 12.1 Å². The highest BCUT2D eigenvalue weighted by Gasteiger charge is 2.12. The lowest BCUT2D eigenvalue weighted by Crippen LogP contribution is -2.01. The van der Waals surface area contributed by atoms with Gasteiger partial charge in [0.15, 0.2) is 12.4 Å². The van der Waals surface area contributed by atoms with Crippen LogP contribution < -0.4 is 4.74 Å². The maximum absolute atomic E-state index is 11.0. The van der Waals surface area contributed by atoms with Crippen LogP contribution in [-0.2, 0) is 13.0 Å². The summed E-state index contributed by atoms with van der Waals surface area (Å²) in [6.07, 6.45) is 0.730. The topological polar surface area (TPSA) is 85.5 Å². The predicted octanol–water partition coefficient (Wildman–Crippen LogP) is 3.20. The first-order valence-electron chi connectivity index (χ1n) is 6.43. The Labute approximate surface area is 126 Å². The number of carbonyl (C=O) groups is 1. The van der Waals surface area contributed by atoms with E-state index in [1.54, 1.807) is 6.07 Å². The quantitative estimate of drug-likeness (QED) is 0.881. The van der Waals surface area contributed by atoms with E-state index in [9.17, 15) is 4.79 Å². The highest BCUT2D eigenvalue weighted by Crippen LogP contribution is 2.22. The van der Waals surface area contributed by atoms with Crippen molar-refractivity contribution in [2.45, 2.75) is 26.9 Å². The Morgan fingerprint density at radius 1 is 1.48 bits per heavy atom. The molecule has 0 aliphatic heterocycles. The van der Waals surface area contributed by atoms with E-state index in [0.29, 0.717) is 23.4 Å². The van der Waals surface area contributed by atoms with Gasteiger partial charge < -0.3 is 14.4 Å². The maximum atomic E-state index is 11.0. The summed E-state index contributed by atoms with van der Waals surface area (Å²) in [5.74, 6) is 0.678. The third-order valence-electron chi connectivity index (χ3n) is 2.63. The van der Waals surface area contributed by atoms with Crippen molar-refractivity contribution >= 4 is 17.6 Å². The van der Waals surface area contributed by atoms with Crippen LogP contribution in [-0.4, -0.2) is 21.2 Å². The number of rotatable bonds is 6. The molecule has 0 saturated heterocycles. The summed E-state index contributed by atoms with van der Waals surface area (Å²) in [5, 5.41) is 13.0. The normalized spacial score (nSPS) is 10.9. The summed E-state index contributed by atoms with van der Waals surface area (Å²) in [7, 11) is 0. The van der Waals surface area contributed by atoms with Crippen molar-refractivity contribution in [3.63, 3.8) is 0 Å². The molecule has 0 saturated carbocycles. The summed E-state index contributed by atoms with van der Waals surface area (Å²) in [6.45, 7) is 4.20. The van der Waals surface area contributed by atoms with Gasteiger partial charge in [-0.25, -0.2) is 4.79 Å². The monoisotopic (exact) mass is 310 g/mol. The molecule has 1 N–H and O–H groups in total. The molecule has 21 heavy (non-hydrogen) atoms. The van der Waals surface area contributed by atoms with E-state index in [4.69, 9.17) is 26.0 Å². The Hall–Kier alpha value is -2.08. The molecule has 1 heterocycles. The Morgan fingerprint density at radius 2 is 2.24 bits per heavy atom. The molecule has 0 aliphatic carbocycles. The lowest BCUT2D eigenvalue weighted by Gasteiger charge is -2.05. The molecule has 7 heteroatoms. The van der Waals surface area contributed by atoms with E-state index < -0.39 is 5.97 Å². The zero-order chi connectivity index (χ0) is 15.4. The molecule has 0 radical (unpaired) electrons. The van der Waals surface area contributed by atoms with E-state index in [2.05, 4.69) is 24.0 Å². The smallest absolute Gasteiger partial charge is 0.337 e. The largest absolute Gasteiger partial charge is 0.484 e. The Kier molecular flexibility index (Phi) is 4.80. The van der Waals surface area contributed by atoms with Gasteiger partial charge >= 0.3 is 5.97 Å². The van der Waals surface area contributed by atoms with Crippen molar-refractivity contribution in [3.05, 3.63) is 40.5 Å². The van der Waals surface area contributed by atoms with Gasteiger partial charge in [-0.1, -0.05) is 30.6 Å². The number of carboxylic acid groups (broad SMARTS) is 1. The maximum Gasteiger partial charge on any atom is 0.337 e. The first-order valence-corrected chi connectivity index (χ1v) is 6.80. The second kappa shape index (κ2) is 6.58. The number of aromatic nitrogens is 2. The van der Waals surface area contributed by atoms with Gasteiger partial charge in [0.2, 0.25) is 0 Å². The van der Waals surface area contributed by atoms with Crippen molar-refractivity contribution in [3.8, 4) is 5.75 Å². The fourth-order valence-corrected chi connectivity index (χ4v) is 1.90. The van der Waals surface area contributed by atoms with Crippen molar-refractivity contribution in [1.82, 2.24) is 10.1 Å². The van der Waals surface area contributed by atoms with Gasteiger partial charge in [-0.15, -0.1) is 0 Å². The highest BCUT2D eigenvalue weighted by molar-refractivity contribution is 6.33. The molecule has 112 valence electrons. The molecule has 0 bridgehead atoms. The van der Waals surface area contributed by atoms with Gasteiger partial charge in [-0.3, -0.25) is 0 Å². The van der Waals surface area contributed by atoms with Gasteiger partial charge in [-0.05, 0) is 24.1 Å². The Morgan fingerprint density at radius 3 is 2.90 bits per heavy atom. The van der Waals surface area contributed by atoms with Crippen LogP contribution in [0.25, 0.3) is 0 Å². The van der Waals surface area contributed by atoms with E-state index in [-0.39, 0.29) is 17.2 Å². The lowest BCUT2D eigenvalue weighted by atomic mass is 10.1. The van der Waals surface area contributed by atoms with Gasteiger partial charge in [0.1, 0.15) is 5.75 Å². The number of halogens is 1. The standard InChI is InChI=1S/C14H15ClN2O4/c1-8(2)5-12-16-13(21-17-12)7-20-9-3-4-11(15)10(6-9)14(18)19/h3-4,6,8H,5,7H2,1-2H3,(H,18,19). The van der Waals surface area contributed by atoms with Crippen LogP contribution in [0.3, 0.4) is 0 Å². The molecule has 0 amide bonds. The summed E-state index contributed by atoms with van der Waals surface area (Å²) in [5.41, 5.74) is -0.0137. The summed E-state index contributed by atoms with van der Waals surface area (Å²) in [6, 6.07) is 4.41. The fraction of sp³-hybridized carbons (Fsp3) is 0.357. The fourth-order valence-electron chi connectivity index (χ4n) is 1.70. The van der Waals surface area contributed by atoms with E-state index in [0.717, 1.165) is 6.42 Å². The minimum absolute atomic E-state index is 0.0137. The van der Waals surface area contributed by atoms with Gasteiger partial charge in [0, 0.05) is 6.42 Å². The first-order chi connectivity index (χ1) is 9.95. The molecule has 6 nitrogen and oxygen atoms in total. The molecule has 1 aromatic carbocycles. The molecule has 0 atom stereocenters. The minimum atomic E-state index is -1.11. The third-order valence-corrected chi connectivity index (χ3v) is 2.96. The minimum Gasteiger partial charge on any atom is -0.484 e. The molecule has 0 fully saturated rings. The van der Waals surface area contributed by atoms with Crippen LogP contribution in [0.15, 0.2) is 22.7 Å². The number of carboxylic acids is 1. The SMILES string of the molecule is CC(C)Cc1noc(COc2ccc(Cl)c(C(=O)O)c2)n1. The number of aromatic carboxylic acids is 1. The number of hydrogen-bond acceptors (Lipinski definition) is 5. The lowest BCUT2D eigenvalue weighted by molar-refractivity contribution is 0.0696. The van der Waals surface area contributed by atoms with E-state index >= 15 is 0 Å². The number of nitrogens with zero attached hydrogens (tertiary/aromatic N) is 2. The molecule has 0 aliphatic rings. The molecule has 0 unspecified atom stereocenters. The van der Waals surface area contributed by atoms with Crippen molar-refractivity contribution in [2.24, 2.45) is 5.92 Å². The molecular weight excluding hydrogens is 296 g/mol. The van der Waals surface area contributed by atoms with Crippen LogP contribution >= 0.6 is 11.6 Å². The van der Waals surface area contributed by atoms with Crippen LogP contribution in [0.4, 0.5) is 0 Å². The van der Waals surface area contributed by atoms with Gasteiger partial charge in [0.25, 0.3) is 5.89 Å². The summed E-state index contributed by atoms with van der Waals surface area (Å²) < 4.78 is 10.5. The van der Waals surface area contributed by atoms with Crippen LogP contribution in [0.2, 0.25) is 5.02 Å². The molecular formula is C14H15ClN2O4. The summed E-state index contributed by atoms with van der Waals surface area (Å²) >= 11 is 5.78. The van der Waals surface area contributed by atoms with Crippen molar-refractivity contribution in [2.75, 3.05) is 0 Å². The predicted molar refractivity (Wildman–Crippen MR) is 75.6 cm³/mol. The van der Waals surface area contributed by atoms with E-state index in [1.807, 2.05) is 0 Å². The average Bonchev–Trinajstić information content (AvgIpc) is 2.84. The van der Waals surface area contributed by atoms with Gasteiger partial charge in [-0.2, -0.15) is 4.98 Å². The molecule has 2 rings (SSSR count). The van der Waals surface area contributed by atoms with Crippen LogP contribution in [0.1, 0.15) is 35.9 Å². The van der Waals surface area contributed by atoms with Crippen LogP contribution in [0, 0.1) is 5.92 Å². The highest BCUT2D eigenvalue weighted by atomic mass is 35.5. The van der Waals surface area contributed by atoms with Crippen LogP contribution in [0.5, 0.6) is 5.75 Å². The number of benzene rings is 1. The van der Waals surface area contributed by atoms with Crippen molar-refractivity contribution < 1.29 is 19.2 Å². The second-order valence-electron chi connectivity index (χ2n) is 4.94.